The molecule has 0 spiro atoms. The van der Waals surface area contributed by atoms with Gasteiger partial charge in [-0.1, -0.05) is 31.6 Å². The molecule has 29 heavy (non-hydrogen) atoms. The quantitative estimate of drug-likeness (QED) is 0.598. The fraction of sp³-hybridized carbons (Fsp3) is 0.520. The molecule has 1 saturated carbocycles. The third kappa shape index (κ3) is 4.80. The number of aryl methyl sites for hydroxylation is 1. The lowest BCUT2D eigenvalue weighted by atomic mass is 9.97. The Balaban J connectivity index is 1.37. The number of fused-ring (bicyclic) bond motifs is 1. The van der Waals surface area contributed by atoms with Gasteiger partial charge in [0.05, 0.1) is 23.8 Å². The molecule has 0 bridgehead atoms. The lowest BCUT2D eigenvalue weighted by Gasteiger charge is -2.16. The highest BCUT2D eigenvalue weighted by Gasteiger charge is 2.25. The number of benzene rings is 1. The highest BCUT2D eigenvalue weighted by Crippen LogP contribution is 2.36. The fourth-order valence-corrected chi connectivity index (χ4v) is 4.29. The Morgan fingerprint density at radius 3 is 2.86 bits per heavy atom. The van der Waals surface area contributed by atoms with Gasteiger partial charge in [-0.15, -0.1) is 0 Å². The van der Waals surface area contributed by atoms with Gasteiger partial charge in [0.2, 0.25) is 0 Å². The Bertz CT molecular complexity index is 886. The topological polar surface area (TPSA) is 48.8 Å². The lowest BCUT2D eigenvalue weighted by Crippen LogP contribution is -2.31. The summed E-state index contributed by atoms with van der Waals surface area (Å²) in [5, 5.41) is 6.42. The summed E-state index contributed by atoms with van der Waals surface area (Å²) in [5.41, 5.74) is 9.15. The molecule has 1 aliphatic carbocycles. The van der Waals surface area contributed by atoms with Crippen molar-refractivity contribution in [2.45, 2.75) is 64.8 Å². The number of aliphatic imine (C=N–C) groups is 2. The first-order chi connectivity index (χ1) is 14.0. The van der Waals surface area contributed by atoms with Crippen LogP contribution >= 0.6 is 0 Å². The summed E-state index contributed by atoms with van der Waals surface area (Å²) in [6.45, 7) is 9.14. The van der Waals surface area contributed by atoms with Crippen LogP contribution in [0.2, 0.25) is 0 Å². The van der Waals surface area contributed by atoms with E-state index in [0.29, 0.717) is 6.04 Å². The van der Waals surface area contributed by atoms with Crippen LogP contribution < -0.4 is 10.6 Å². The van der Waals surface area contributed by atoms with Crippen molar-refractivity contribution in [3.05, 3.63) is 52.9 Å². The molecule has 0 aromatic heterocycles. The van der Waals surface area contributed by atoms with Crippen molar-refractivity contribution in [3.63, 3.8) is 0 Å². The minimum absolute atomic E-state index is 0.372. The maximum Gasteiger partial charge on any atom is 0.0911 e. The van der Waals surface area contributed by atoms with Gasteiger partial charge < -0.3 is 10.6 Å². The second-order valence-corrected chi connectivity index (χ2v) is 8.86. The Kier molecular flexibility index (Phi) is 5.89. The van der Waals surface area contributed by atoms with Gasteiger partial charge in [-0.05, 0) is 68.2 Å². The highest BCUT2D eigenvalue weighted by molar-refractivity contribution is 6.15. The second-order valence-electron chi connectivity index (χ2n) is 8.86. The van der Waals surface area contributed by atoms with Gasteiger partial charge in [0, 0.05) is 30.8 Å². The van der Waals surface area contributed by atoms with Crippen LogP contribution in [0.3, 0.4) is 0 Å². The third-order valence-corrected chi connectivity index (χ3v) is 6.50. The molecule has 2 heterocycles. The average Bonchev–Trinajstić information content (AvgIpc) is 3.34. The van der Waals surface area contributed by atoms with Crippen molar-refractivity contribution >= 4 is 17.1 Å². The maximum atomic E-state index is 5.02. The van der Waals surface area contributed by atoms with E-state index in [0.717, 1.165) is 37.5 Å². The summed E-state index contributed by atoms with van der Waals surface area (Å²) < 4.78 is 0. The van der Waals surface area contributed by atoms with Crippen LogP contribution in [0.5, 0.6) is 0 Å². The molecule has 2 N–H and O–H groups in total. The zero-order valence-electron chi connectivity index (χ0n) is 18.1. The van der Waals surface area contributed by atoms with E-state index in [-0.39, 0.29) is 0 Å². The van der Waals surface area contributed by atoms with Crippen LogP contribution in [0.1, 0.15) is 57.1 Å². The van der Waals surface area contributed by atoms with Crippen molar-refractivity contribution in [2.24, 2.45) is 15.9 Å². The Morgan fingerprint density at radius 1 is 1.28 bits per heavy atom. The third-order valence-electron chi connectivity index (χ3n) is 6.50. The van der Waals surface area contributed by atoms with Gasteiger partial charge in [0.15, 0.2) is 0 Å². The number of nitrogens with zero attached hydrogens (tertiary/aromatic N) is 2. The minimum atomic E-state index is 0.372. The molecule has 0 unspecified atom stereocenters. The summed E-state index contributed by atoms with van der Waals surface area (Å²) >= 11 is 0. The number of nitrogens with one attached hydrogen (secondary N) is 2. The number of hydrogen-bond acceptors (Lipinski definition) is 4. The van der Waals surface area contributed by atoms with Gasteiger partial charge >= 0.3 is 0 Å². The molecule has 0 amide bonds. The first-order valence-electron chi connectivity index (χ1n) is 11.1. The zero-order chi connectivity index (χ0) is 20.4. The van der Waals surface area contributed by atoms with E-state index < -0.39 is 0 Å². The van der Waals surface area contributed by atoms with Gasteiger partial charge in [-0.3, -0.25) is 9.98 Å². The standard InChI is InChI=1S/C25H34N4/c1-16(28-18(3)26-4)5-12-23-17(2)22(15-27-23)25-14-21-11-10-20(13-24(21)29-25)9-8-19-6-7-19/h10-11,13,16,19,26,28H,3,5-9,12,14-15H2,1-2,4H3/t16-/m0/s1. The Labute approximate surface area is 175 Å². The number of hydrogen-bond donors (Lipinski definition) is 2. The van der Waals surface area contributed by atoms with Crippen LogP contribution in [0.4, 0.5) is 5.69 Å². The molecule has 4 heteroatoms. The molecular formula is C25H34N4. The van der Waals surface area contributed by atoms with E-state index in [9.17, 15) is 0 Å². The van der Waals surface area contributed by atoms with Crippen LogP contribution in [-0.4, -0.2) is 31.1 Å². The van der Waals surface area contributed by atoms with E-state index in [1.807, 2.05) is 7.05 Å². The molecule has 3 aliphatic rings. The molecular weight excluding hydrogens is 356 g/mol. The Hall–Kier alpha value is -2.36. The van der Waals surface area contributed by atoms with Crippen molar-refractivity contribution in [1.29, 1.82) is 0 Å². The van der Waals surface area contributed by atoms with Gasteiger partial charge in [-0.25, -0.2) is 0 Å². The number of rotatable bonds is 10. The fourth-order valence-electron chi connectivity index (χ4n) is 4.29. The van der Waals surface area contributed by atoms with Crippen molar-refractivity contribution in [1.82, 2.24) is 10.6 Å². The maximum absolute atomic E-state index is 5.02. The van der Waals surface area contributed by atoms with Gasteiger partial charge in [-0.2, -0.15) is 0 Å². The SMILES string of the molecule is C=C(NC)N[C@@H](C)CCC1=NCC(C2=Nc3cc(CCC4CC4)ccc3C2)=C1C. The normalized spacial score (nSPS) is 19.0. The predicted octanol–water partition coefficient (Wildman–Crippen LogP) is 4.88. The zero-order valence-corrected chi connectivity index (χ0v) is 18.1. The second kappa shape index (κ2) is 8.56. The van der Waals surface area contributed by atoms with Crippen LogP contribution in [-0.2, 0) is 12.8 Å². The molecule has 0 saturated heterocycles. The van der Waals surface area contributed by atoms with E-state index in [1.165, 1.54) is 65.1 Å². The van der Waals surface area contributed by atoms with E-state index in [4.69, 9.17) is 9.98 Å². The average molecular weight is 391 g/mol. The molecule has 1 atom stereocenters. The number of allylic oxidation sites excluding steroid dienone is 1. The van der Waals surface area contributed by atoms with E-state index in [2.05, 4.69) is 49.3 Å². The van der Waals surface area contributed by atoms with Crippen molar-refractivity contribution in [2.75, 3.05) is 13.6 Å². The molecule has 154 valence electrons. The van der Waals surface area contributed by atoms with Crippen molar-refractivity contribution in [3.8, 4) is 0 Å². The monoisotopic (exact) mass is 390 g/mol. The lowest BCUT2D eigenvalue weighted by molar-refractivity contribution is 0.560. The highest BCUT2D eigenvalue weighted by atomic mass is 15.1. The van der Waals surface area contributed by atoms with E-state index >= 15 is 0 Å². The largest absolute Gasteiger partial charge is 0.375 e. The first kappa shape index (κ1) is 19.9. The minimum Gasteiger partial charge on any atom is -0.375 e. The van der Waals surface area contributed by atoms with Crippen LogP contribution in [0.25, 0.3) is 0 Å². The Morgan fingerprint density at radius 2 is 2.10 bits per heavy atom. The molecule has 1 aromatic rings. The molecule has 4 rings (SSSR count). The smallest absolute Gasteiger partial charge is 0.0911 e. The summed E-state index contributed by atoms with van der Waals surface area (Å²) in [5.74, 6) is 1.85. The first-order valence-corrected chi connectivity index (χ1v) is 11.1. The van der Waals surface area contributed by atoms with Crippen LogP contribution in [0, 0.1) is 5.92 Å². The summed E-state index contributed by atoms with van der Waals surface area (Å²) in [6.07, 6.45) is 8.39. The molecule has 4 nitrogen and oxygen atoms in total. The molecule has 2 aliphatic heterocycles. The van der Waals surface area contributed by atoms with Crippen molar-refractivity contribution < 1.29 is 0 Å². The summed E-state index contributed by atoms with van der Waals surface area (Å²) in [6, 6.07) is 7.30. The van der Waals surface area contributed by atoms with Gasteiger partial charge in [0.1, 0.15) is 0 Å². The van der Waals surface area contributed by atoms with Crippen LogP contribution in [0.15, 0.2) is 51.7 Å². The summed E-state index contributed by atoms with van der Waals surface area (Å²) in [7, 11) is 1.89. The molecule has 1 fully saturated rings. The summed E-state index contributed by atoms with van der Waals surface area (Å²) in [4.78, 5) is 9.87. The predicted molar refractivity (Wildman–Crippen MR) is 123 cm³/mol. The molecule has 1 aromatic carbocycles. The molecule has 0 radical (unpaired) electrons. The van der Waals surface area contributed by atoms with E-state index in [1.54, 1.807) is 0 Å². The van der Waals surface area contributed by atoms with Gasteiger partial charge in [0.25, 0.3) is 0 Å².